The third-order valence-corrected chi connectivity index (χ3v) is 2.87. The number of benzene rings is 1. The van der Waals surface area contributed by atoms with Gasteiger partial charge in [-0.25, -0.2) is 0 Å². The summed E-state index contributed by atoms with van der Waals surface area (Å²) in [7, 11) is 0. The molecule has 0 saturated carbocycles. The molecule has 4 N–H and O–H groups in total. The van der Waals surface area contributed by atoms with Gasteiger partial charge in [0.15, 0.2) is 0 Å². The van der Waals surface area contributed by atoms with E-state index in [-0.39, 0.29) is 5.91 Å². The quantitative estimate of drug-likeness (QED) is 0.471. The highest BCUT2D eigenvalue weighted by molar-refractivity contribution is 5.72. The van der Waals surface area contributed by atoms with Gasteiger partial charge in [0.25, 0.3) is 0 Å². The summed E-state index contributed by atoms with van der Waals surface area (Å²) in [5, 5.41) is 6.11. The molecule has 0 atom stereocenters. The highest BCUT2D eigenvalue weighted by Gasteiger charge is 2.01. The van der Waals surface area contributed by atoms with Crippen LogP contribution >= 0.6 is 0 Å². The van der Waals surface area contributed by atoms with Gasteiger partial charge in [-0.15, -0.1) is 0 Å². The van der Waals surface area contributed by atoms with Gasteiger partial charge in [-0.3, -0.25) is 4.79 Å². The minimum Gasteiger partial charge on any atom is -0.492 e. The number of anilines is 1. The smallest absolute Gasteiger partial charge is 0.216 e. The van der Waals surface area contributed by atoms with Crippen LogP contribution in [0.15, 0.2) is 18.2 Å². The maximum atomic E-state index is 10.7. The van der Waals surface area contributed by atoms with Gasteiger partial charge in [0, 0.05) is 13.5 Å². The SMILES string of the molecule is CCOc1ccc(CCNCCCNC(C)=O)cc1N. The van der Waals surface area contributed by atoms with Crippen molar-refractivity contribution in [3.05, 3.63) is 23.8 Å². The Morgan fingerprint density at radius 1 is 1.30 bits per heavy atom. The number of carbonyl (C=O) groups is 1. The van der Waals surface area contributed by atoms with Crippen LogP contribution < -0.4 is 21.1 Å². The number of rotatable bonds is 9. The van der Waals surface area contributed by atoms with Gasteiger partial charge < -0.3 is 21.1 Å². The molecule has 0 spiro atoms. The van der Waals surface area contributed by atoms with Crippen molar-refractivity contribution in [2.75, 3.05) is 32.0 Å². The summed E-state index contributed by atoms with van der Waals surface area (Å²) in [5.41, 5.74) is 7.80. The number of ether oxygens (including phenoxy) is 1. The van der Waals surface area contributed by atoms with Crippen LogP contribution in [0.25, 0.3) is 0 Å². The van der Waals surface area contributed by atoms with Crippen molar-refractivity contribution >= 4 is 11.6 Å². The first-order valence-corrected chi connectivity index (χ1v) is 7.09. The average Bonchev–Trinajstić information content (AvgIpc) is 2.40. The van der Waals surface area contributed by atoms with E-state index in [0.29, 0.717) is 12.3 Å². The molecule has 0 bridgehead atoms. The normalized spacial score (nSPS) is 10.3. The van der Waals surface area contributed by atoms with E-state index in [1.807, 2.05) is 25.1 Å². The summed E-state index contributed by atoms with van der Waals surface area (Å²) in [6, 6.07) is 5.93. The Bertz CT molecular complexity index is 422. The van der Waals surface area contributed by atoms with Crippen molar-refractivity contribution in [1.29, 1.82) is 0 Å². The average molecular weight is 279 g/mol. The molecule has 1 aromatic rings. The molecule has 0 fully saturated rings. The Labute approximate surface area is 120 Å². The summed E-state index contributed by atoms with van der Waals surface area (Å²) in [6.07, 6.45) is 1.86. The Kier molecular flexibility index (Phi) is 7.50. The highest BCUT2D eigenvalue weighted by atomic mass is 16.5. The number of nitrogen functional groups attached to an aromatic ring is 1. The lowest BCUT2D eigenvalue weighted by Crippen LogP contribution is -2.26. The standard InChI is InChI=1S/C15H25N3O2/c1-3-20-15-6-5-13(11-14(15)16)7-10-17-8-4-9-18-12(2)19/h5-6,11,17H,3-4,7-10,16H2,1-2H3,(H,18,19). The largest absolute Gasteiger partial charge is 0.492 e. The zero-order chi connectivity index (χ0) is 14.8. The lowest BCUT2D eigenvalue weighted by atomic mass is 10.1. The van der Waals surface area contributed by atoms with Crippen LogP contribution in [0, 0.1) is 0 Å². The van der Waals surface area contributed by atoms with Crippen molar-refractivity contribution < 1.29 is 9.53 Å². The van der Waals surface area contributed by atoms with Gasteiger partial charge in [-0.2, -0.15) is 0 Å². The molecule has 1 rings (SSSR count). The third kappa shape index (κ3) is 6.43. The van der Waals surface area contributed by atoms with Crippen molar-refractivity contribution in [2.24, 2.45) is 0 Å². The van der Waals surface area contributed by atoms with Crippen LogP contribution in [0.5, 0.6) is 5.75 Å². The predicted molar refractivity (Wildman–Crippen MR) is 81.9 cm³/mol. The molecule has 5 heteroatoms. The molecular weight excluding hydrogens is 254 g/mol. The Morgan fingerprint density at radius 2 is 2.10 bits per heavy atom. The molecule has 0 heterocycles. The molecule has 20 heavy (non-hydrogen) atoms. The summed E-state index contributed by atoms with van der Waals surface area (Å²) in [5.74, 6) is 0.773. The van der Waals surface area contributed by atoms with Crippen molar-refractivity contribution in [2.45, 2.75) is 26.7 Å². The number of hydrogen-bond donors (Lipinski definition) is 3. The highest BCUT2D eigenvalue weighted by Crippen LogP contribution is 2.22. The van der Waals surface area contributed by atoms with Gasteiger partial charge in [-0.05, 0) is 50.6 Å². The van der Waals surface area contributed by atoms with Gasteiger partial charge in [0.1, 0.15) is 5.75 Å². The molecule has 1 amide bonds. The minimum absolute atomic E-state index is 0.0230. The van der Waals surface area contributed by atoms with Crippen LogP contribution in [-0.2, 0) is 11.2 Å². The van der Waals surface area contributed by atoms with Crippen LogP contribution in [0.3, 0.4) is 0 Å². The van der Waals surface area contributed by atoms with Crippen LogP contribution in [0.1, 0.15) is 25.8 Å². The fourth-order valence-electron chi connectivity index (χ4n) is 1.88. The summed E-state index contributed by atoms with van der Waals surface area (Å²) < 4.78 is 5.41. The van der Waals surface area contributed by atoms with Crippen LogP contribution in [0.2, 0.25) is 0 Å². The lowest BCUT2D eigenvalue weighted by Gasteiger charge is -2.09. The Morgan fingerprint density at radius 3 is 2.75 bits per heavy atom. The molecule has 0 aliphatic rings. The first kappa shape index (κ1) is 16.3. The zero-order valence-corrected chi connectivity index (χ0v) is 12.4. The van der Waals surface area contributed by atoms with Crippen LogP contribution in [0.4, 0.5) is 5.69 Å². The van der Waals surface area contributed by atoms with E-state index >= 15 is 0 Å². The number of amides is 1. The van der Waals surface area contributed by atoms with E-state index in [4.69, 9.17) is 10.5 Å². The molecule has 0 radical (unpaired) electrons. The van der Waals surface area contributed by atoms with Crippen molar-refractivity contribution in [3.63, 3.8) is 0 Å². The van der Waals surface area contributed by atoms with E-state index in [1.54, 1.807) is 0 Å². The van der Waals surface area contributed by atoms with E-state index in [1.165, 1.54) is 12.5 Å². The second-order valence-corrected chi connectivity index (χ2v) is 4.64. The lowest BCUT2D eigenvalue weighted by molar-refractivity contribution is -0.118. The van der Waals surface area contributed by atoms with Gasteiger partial charge in [0.05, 0.1) is 12.3 Å². The maximum Gasteiger partial charge on any atom is 0.216 e. The zero-order valence-electron chi connectivity index (χ0n) is 12.4. The molecule has 0 aliphatic heterocycles. The van der Waals surface area contributed by atoms with E-state index in [0.717, 1.165) is 38.2 Å². The Hall–Kier alpha value is -1.75. The third-order valence-electron chi connectivity index (χ3n) is 2.87. The molecular formula is C15H25N3O2. The second-order valence-electron chi connectivity index (χ2n) is 4.64. The fraction of sp³-hybridized carbons (Fsp3) is 0.533. The molecule has 112 valence electrons. The monoisotopic (exact) mass is 279 g/mol. The summed E-state index contributed by atoms with van der Waals surface area (Å²) in [4.78, 5) is 10.7. The predicted octanol–water partition coefficient (Wildman–Crippen LogP) is 1.33. The van der Waals surface area contributed by atoms with Gasteiger partial charge in [0.2, 0.25) is 5.91 Å². The summed E-state index contributed by atoms with van der Waals surface area (Å²) >= 11 is 0. The van der Waals surface area contributed by atoms with E-state index in [9.17, 15) is 4.79 Å². The van der Waals surface area contributed by atoms with E-state index in [2.05, 4.69) is 10.6 Å². The molecule has 1 aromatic carbocycles. The first-order valence-electron chi connectivity index (χ1n) is 7.09. The fourth-order valence-corrected chi connectivity index (χ4v) is 1.88. The van der Waals surface area contributed by atoms with Crippen molar-refractivity contribution in [1.82, 2.24) is 10.6 Å². The Balaban J connectivity index is 2.19. The van der Waals surface area contributed by atoms with Crippen molar-refractivity contribution in [3.8, 4) is 5.75 Å². The van der Waals surface area contributed by atoms with Gasteiger partial charge in [-0.1, -0.05) is 6.07 Å². The minimum atomic E-state index is 0.0230. The molecule has 0 aliphatic carbocycles. The maximum absolute atomic E-state index is 10.7. The first-order chi connectivity index (χ1) is 9.63. The number of carbonyl (C=O) groups excluding carboxylic acids is 1. The summed E-state index contributed by atoms with van der Waals surface area (Å²) in [6.45, 7) is 6.61. The number of nitrogens with one attached hydrogen (secondary N) is 2. The van der Waals surface area contributed by atoms with Gasteiger partial charge >= 0.3 is 0 Å². The molecule has 0 saturated heterocycles. The second kappa shape index (κ2) is 9.20. The van der Waals surface area contributed by atoms with Crippen LogP contribution in [-0.4, -0.2) is 32.1 Å². The molecule has 5 nitrogen and oxygen atoms in total. The molecule has 0 unspecified atom stereocenters. The molecule has 0 aromatic heterocycles. The number of hydrogen-bond acceptors (Lipinski definition) is 4. The topological polar surface area (TPSA) is 76.4 Å². The number of nitrogens with two attached hydrogens (primary N) is 1. The van der Waals surface area contributed by atoms with E-state index < -0.39 is 0 Å².